The summed E-state index contributed by atoms with van der Waals surface area (Å²) in [7, 11) is 0.689. The largest absolute Gasteiger partial charge is 0.497 e. The van der Waals surface area contributed by atoms with Gasteiger partial charge in [-0.05, 0) is 53.4 Å². The zero-order valence-electron chi connectivity index (χ0n) is 16.8. The van der Waals surface area contributed by atoms with E-state index < -0.39 is 10.0 Å². The second kappa shape index (κ2) is 9.19. The number of hydrogen-bond donors (Lipinski definition) is 1. The second-order valence-electron chi connectivity index (χ2n) is 6.32. The predicted octanol–water partition coefficient (Wildman–Crippen LogP) is 3.52. The van der Waals surface area contributed by atoms with Crippen LogP contribution in [0.2, 0.25) is 0 Å². The maximum absolute atomic E-state index is 13.0. The molecule has 3 aromatic rings. The van der Waals surface area contributed by atoms with E-state index in [2.05, 4.69) is 5.32 Å². The molecule has 0 aliphatic heterocycles. The second-order valence-corrected chi connectivity index (χ2v) is 9.20. The van der Waals surface area contributed by atoms with Crippen LogP contribution in [0.25, 0.3) is 0 Å². The highest BCUT2D eigenvalue weighted by Gasteiger charge is 2.26. The molecule has 1 amide bonds. The molecule has 1 N–H and O–H groups in total. The molecule has 0 radical (unpaired) electrons. The summed E-state index contributed by atoms with van der Waals surface area (Å²) in [5.74, 6) is 0.910. The number of thiophene rings is 1. The lowest BCUT2D eigenvalue weighted by Crippen LogP contribution is -2.29. The average molecular weight is 447 g/mol. The van der Waals surface area contributed by atoms with E-state index in [0.29, 0.717) is 28.6 Å². The van der Waals surface area contributed by atoms with E-state index in [9.17, 15) is 13.2 Å². The van der Waals surface area contributed by atoms with Gasteiger partial charge >= 0.3 is 0 Å². The number of amides is 1. The number of carbonyl (C=O) groups is 1. The Bertz CT molecular complexity index is 1120. The maximum Gasteiger partial charge on any atom is 0.264 e. The molecule has 0 atom stereocenters. The van der Waals surface area contributed by atoms with Gasteiger partial charge in [0.2, 0.25) is 0 Å². The van der Waals surface area contributed by atoms with Crippen LogP contribution in [-0.4, -0.2) is 35.6 Å². The molecule has 2 aromatic carbocycles. The minimum Gasteiger partial charge on any atom is -0.497 e. The molecule has 9 heteroatoms. The van der Waals surface area contributed by atoms with Gasteiger partial charge < -0.3 is 14.8 Å². The van der Waals surface area contributed by atoms with E-state index in [0.717, 1.165) is 9.87 Å². The highest BCUT2D eigenvalue weighted by atomic mass is 32.2. The lowest BCUT2D eigenvalue weighted by molar-refractivity contribution is 0.0955. The quantitative estimate of drug-likeness (QED) is 0.572. The number of nitrogens with zero attached hydrogens (tertiary/aromatic N) is 1. The van der Waals surface area contributed by atoms with Crippen molar-refractivity contribution in [1.82, 2.24) is 5.32 Å². The van der Waals surface area contributed by atoms with Crippen molar-refractivity contribution < 1.29 is 22.7 Å². The van der Waals surface area contributed by atoms with Gasteiger partial charge in [0.05, 0.1) is 24.8 Å². The molecule has 1 aromatic heterocycles. The zero-order valence-corrected chi connectivity index (χ0v) is 18.4. The van der Waals surface area contributed by atoms with E-state index in [1.165, 1.54) is 37.6 Å². The number of hydrogen-bond acceptors (Lipinski definition) is 6. The lowest BCUT2D eigenvalue weighted by Gasteiger charge is -2.20. The Morgan fingerprint density at radius 2 is 1.73 bits per heavy atom. The fourth-order valence-electron chi connectivity index (χ4n) is 2.80. The van der Waals surface area contributed by atoms with Crippen molar-refractivity contribution in [2.75, 3.05) is 25.6 Å². The molecule has 1 heterocycles. The Morgan fingerprint density at radius 3 is 2.40 bits per heavy atom. The molecule has 0 saturated carbocycles. The van der Waals surface area contributed by atoms with Crippen LogP contribution in [0.3, 0.4) is 0 Å². The third-order valence-corrected chi connectivity index (χ3v) is 7.18. The molecular weight excluding hydrogens is 424 g/mol. The van der Waals surface area contributed by atoms with Gasteiger partial charge in [-0.15, -0.1) is 11.3 Å². The molecule has 0 fully saturated rings. The standard InChI is InChI=1S/C21H22N2O5S2/c1-23(30(25,26)18-9-7-16(27-2)8-10-18)19-11-12-29-20(19)21(24)22-14-15-5-4-6-17(13-15)28-3/h4-13H,14H2,1-3H3,(H,22,24). The van der Waals surface area contributed by atoms with Gasteiger partial charge in [0, 0.05) is 13.6 Å². The van der Waals surface area contributed by atoms with Crippen LogP contribution in [-0.2, 0) is 16.6 Å². The first-order valence-corrected chi connectivity index (χ1v) is 11.3. The maximum atomic E-state index is 13.0. The van der Waals surface area contributed by atoms with Gasteiger partial charge in [-0.3, -0.25) is 9.10 Å². The van der Waals surface area contributed by atoms with Gasteiger partial charge in [-0.1, -0.05) is 12.1 Å². The summed E-state index contributed by atoms with van der Waals surface area (Å²) in [6, 6.07) is 15.1. The summed E-state index contributed by atoms with van der Waals surface area (Å²) in [4.78, 5) is 13.2. The van der Waals surface area contributed by atoms with Crippen LogP contribution in [0.1, 0.15) is 15.2 Å². The normalized spacial score (nSPS) is 11.0. The fourth-order valence-corrected chi connectivity index (χ4v) is 4.90. The highest BCUT2D eigenvalue weighted by molar-refractivity contribution is 7.92. The van der Waals surface area contributed by atoms with Crippen LogP contribution in [0, 0.1) is 0 Å². The van der Waals surface area contributed by atoms with Gasteiger partial charge in [-0.25, -0.2) is 8.42 Å². The molecule has 0 spiro atoms. The minimum absolute atomic E-state index is 0.111. The number of anilines is 1. The first-order valence-electron chi connectivity index (χ1n) is 8.98. The van der Waals surface area contributed by atoms with Crippen molar-refractivity contribution in [3.05, 3.63) is 70.4 Å². The molecule has 0 bridgehead atoms. The molecule has 0 aliphatic rings. The van der Waals surface area contributed by atoms with Crippen LogP contribution in [0.4, 0.5) is 5.69 Å². The summed E-state index contributed by atoms with van der Waals surface area (Å²) >= 11 is 1.18. The molecule has 0 saturated heterocycles. The van der Waals surface area contributed by atoms with Crippen molar-refractivity contribution in [3.8, 4) is 11.5 Å². The van der Waals surface area contributed by atoms with E-state index in [1.54, 1.807) is 30.7 Å². The molecule has 30 heavy (non-hydrogen) atoms. The average Bonchev–Trinajstić information content (AvgIpc) is 3.27. The van der Waals surface area contributed by atoms with Crippen LogP contribution < -0.4 is 19.1 Å². The van der Waals surface area contributed by atoms with Crippen LogP contribution >= 0.6 is 11.3 Å². The zero-order chi connectivity index (χ0) is 21.7. The van der Waals surface area contributed by atoms with Gasteiger partial charge in [-0.2, -0.15) is 0 Å². The van der Waals surface area contributed by atoms with E-state index in [4.69, 9.17) is 9.47 Å². The molecule has 0 aliphatic carbocycles. The summed E-state index contributed by atoms with van der Waals surface area (Å²) in [5.41, 5.74) is 1.19. The third kappa shape index (κ3) is 4.58. The Balaban J connectivity index is 1.78. The summed E-state index contributed by atoms with van der Waals surface area (Å²) in [5, 5.41) is 4.52. The minimum atomic E-state index is -3.83. The van der Waals surface area contributed by atoms with Crippen molar-refractivity contribution in [3.63, 3.8) is 0 Å². The number of methoxy groups -OCH3 is 2. The number of rotatable bonds is 8. The Hall–Kier alpha value is -3.04. The monoisotopic (exact) mass is 446 g/mol. The van der Waals surface area contributed by atoms with Gasteiger partial charge in [0.25, 0.3) is 15.9 Å². The summed E-state index contributed by atoms with van der Waals surface area (Å²) in [6.45, 7) is 0.294. The molecule has 158 valence electrons. The number of sulfonamides is 1. The first kappa shape index (κ1) is 21.7. The fraction of sp³-hybridized carbons (Fsp3) is 0.190. The van der Waals surface area contributed by atoms with E-state index in [1.807, 2.05) is 24.3 Å². The SMILES string of the molecule is COc1ccc(S(=O)(=O)N(C)c2ccsc2C(=O)NCc2cccc(OC)c2)cc1. The summed E-state index contributed by atoms with van der Waals surface area (Å²) < 4.78 is 37.4. The number of carbonyl (C=O) groups excluding carboxylic acids is 1. The van der Waals surface area contributed by atoms with Crippen molar-refractivity contribution in [2.24, 2.45) is 0 Å². The van der Waals surface area contributed by atoms with Gasteiger partial charge in [0.15, 0.2) is 0 Å². The van der Waals surface area contributed by atoms with Crippen molar-refractivity contribution in [2.45, 2.75) is 11.4 Å². The lowest BCUT2D eigenvalue weighted by atomic mass is 10.2. The number of benzene rings is 2. The van der Waals surface area contributed by atoms with Crippen molar-refractivity contribution in [1.29, 1.82) is 0 Å². The van der Waals surface area contributed by atoms with Crippen LogP contribution in [0.15, 0.2) is 64.9 Å². The summed E-state index contributed by atoms with van der Waals surface area (Å²) in [6.07, 6.45) is 0. The number of ether oxygens (including phenoxy) is 2. The topological polar surface area (TPSA) is 84.9 Å². The van der Waals surface area contributed by atoms with Crippen molar-refractivity contribution >= 4 is 33.0 Å². The Morgan fingerprint density at radius 1 is 1.03 bits per heavy atom. The first-order chi connectivity index (χ1) is 14.4. The predicted molar refractivity (Wildman–Crippen MR) is 117 cm³/mol. The van der Waals surface area contributed by atoms with Crippen LogP contribution in [0.5, 0.6) is 11.5 Å². The molecular formula is C21H22N2O5S2. The molecule has 0 unspecified atom stereocenters. The van der Waals surface area contributed by atoms with Gasteiger partial charge in [0.1, 0.15) is 16.4 Å². The Labute approximate surface area is 179 Å². The Kier molecular flexibility index (Phi) is 6.63. The third-order valence-electron chi connectivity index (χ3n) is 4.49. The molecule has 7 nitrogen and oxygen atoms in total. The van der Waals surface area contributed by atoms with E-state index in [-0.39, 0.29) is 10.8 Å². The highest BCUT2D eigenvalue weighted by Crippen LogP contribution is 2.30. The smallest absolute Gasteiger partial charge is 0.264 e. The van der Waals surface area contributed by atoms with E-state index >= 15 is 0 Å². The number of nitrogens with one attached hydrogen (secondary N) is 1. The molecule has 3 rings (SSSR count).